The fraction of sp³-hybridized carbons (Fsp3) is 0.538. The molecule has 0 fully saturated rings. The fourth-order valence-corrected chi connectivity index (χ4v) is 2.34. The largest absolute Gasteiger partial charge is 0.432 e. The van der Waals surface area contributed by atoms with Gasteiger partial charge in [0.1, 0.15) is 6.26 Å². The number of oxazole rings is 1. The van der Waals surface area contributed by atoms with E-state index in [2.05, 4.69) is 27.6 Å². The molecule has 0 spiro atoms. The molecular formula is C13H20N4OS. The molecule has 1 N–H and O–H groups in total. The Morgan fingerprint density at radius 3 is 2.89 bits per heavy atom. The van der Waals surface area contributed by atoms with E-state index < -0.39 is 0 Å². The maximum atomic E-state index is 5.49. The number of rotatable bonds is 7. The zero-order valence-corrected chi connectivity index (χ0v) is 12.5. The van der Waals surface area contributed by atoms with Gasteiger partial charge in [0.15, 0.2) is 0 Å². The van der Waals surface area contributed by atoms with Crippen LogP contribution in [0.1, 0.15) is 29.7 Å². The van der Waals surface area contributed by atoms with Crippen LogP contribution in [-0.4, -0.2) is 23.6 Å². The molecule has 0 saturated carbocycles. The number of hydrogen-bond acceptors (Lipinski definition) is 6. The first kappa shape index (κ1) is 14.0. The first-order valence-corrected chi connectivity index (χ1v) is 7.34. The average Bonchev–Trinajstić information content (AvgIpc) is 2.99. The maximum Gasteiger partial charge on any atom is 0.297 e. The van der Waals surface area contributed by atoms with E-state index in [0.717, 1.165) is 35.9 Å². The number of aryl methyl sites for hydroxylation is 1. The van der Waals surface area contributed by atoms with Crippen molar-refractivity contribution in [2.24, 2.45) is 0 Å². The molecule has 0 unspecified atom stereocenters. The second-order valence-electron chi connectivity index (χ2n) is 4.51. The fourth-order valence-electron chi connectivity index (χ4n) is 1.74. The minimum absolute atomic E-state index is 0.638. The van der Waals surface area contributed by atoms with Crippen molar-refractivity contribution in [3.63, 3.8) is 0 Å². The third-order valence-electron chi connectivity index (χ3n) is 2.66. The Labute approximate surface area is 117 Å². The second-order valence-corrected chi connectivity index (χ2v) is 5.57. The predicted molar refractivity (Wildman–Crippen MR) is 77.5 cm³/mol. The number of nitrogens with one attached hydrogen (secondary N) is 1. The Morgan fingerprint density at radius 2 is 2.21 bits per heavy atom. The lowest BCUT2D eigenvalue weighted by Gasteiger charge is -2.12. The highest BCUT2D eigenvalue weighted by atomic mass is 32.1. The summed E-state index contributed by atoms with van der Waals surface area (Å²) in [6.07, 6.45) is 2.83. The molecule has 0 aromatic carbocycles. The van der Waals surface area contributed by atoms with E-state index in [4.69, 9.17) is 4.42 Å². The van der Waals surface area contributed by atoms with Crippen LogP contribution < -0.4 is 10.2 Å². The zero-order valence-electron chi connectivity index (χ0n) is 11.6. The third kappa shape index (κ3) is 4.04. The summed E-state index contributed by atoms with van der Waals surface area (Å²) >= 11 is 1.66. The van der Waals surface area contributed by atoms with Crippen LogP contribution in [0.4, 0.5) is 6.01 Å². The van der Waals surface area contributed by atoms with Gasteiger partial charge in [-0.3, -0.25) is 0 Å². The summed E-state index contributed by atoms with van der Waals surface area (Å²) in [6.45, 7) is 6.62. The van der Waals surface area contributed by atoms with Crippen LogP contribution in [0.5, 0.6) is 0 Å². The number of nitrogens with zero attached hydrogens (tertiary/aromatic N) is 3. The Kier molecular flexibility index (Phi) is 4.93. The summed E-state index contributed by atoms with van der Waals surface area (Å²) in [5.41, 5.74) is 1.98. The predicted octanol–water partition coefficient (Wildman–Crippen LogP) is 2.58. The monoisotopic (exact) mass is 280 g/mol. The van der Waals surface area contributed by atoms with Crippen molar-refractivity contribution < 1.29 is 4.42 Å². The molecule has 0 amide bonds. The van der Waals surface area contributed by atoms with Gasteiger partial charge in [-0.1, -0.05) is 6.92 Å². The average molecular weight is 280 g/mol. The molecule has 2 aromatic rings. The van der Waals surface area contributed by atoms with Crippen LogP contribution in [-0.2, 0) is 13.1 Å². The highest BCUT2D eigenvalue weighted by Gasteiger charge is 2.10. The normalized spacial score (nSPS) is 10.9. The molecule has 5 nitrogen and oxygen atoms in total. The first-order valence-electron chi connectivity index (χ1n) is 6.46. The molecule has 2 heterocycles. The molecule has 6 heteroatoms. The van der Waals surface area contributed by atoms with Gasteiger partial charge in [0, 0.05) is 19.0 Å². The van der Waals surface area contributed by atoms with Crippen molar-refractivity contribution in [1.29, 1.82) is 0 Å². The molecule has 0 radical (unpaired) electrons. The van der Waals surface area contributed by atoms with Gasteiger partial charge in [-0.05, 0) is 19.9 Å². The van der Waals surface area contributed by atoms with Gasteiger partial charge in [0.05, 0.1) is 22.9 Å². The number of hydrogen-bond donors (Lipinski definition) is 1. The molecule has 0 bridgehead atoms. The Morgan fingerprint density at radius 1 is 1.37 bits per heavy atom. The van der Waals surface area contributed by atoms with Crippen LogP contribution >= 0.6 is 11.3 Å². The van der Waals surface area contributed by atoms with Gasteiger partial charge in [-0.15, -0.1) is 11.3 Å². The van der Waals surface area contributed by atoms with E-state index in [0.29, 0.717) is 12.6 Å². The number of anilines is 1. The van der Waals surface area contributed by atoms with Gasteiger partial charge in [0.2, 0.25) is 0 Å². The topological polar surface area (TPSA) is 54.2 Å². The maximum absolute atomic E-state index is 5.49. The van der Waals surface area contributed by atoms with Gasteiger partial charge in [0.25, 0.3) is 6.01 Å². The molecule has 0 aliphatic carbocycles. The Balaban J connectivity index is 1.90. The highest BCUT2D eigenvalue weighted by molar-refractivity contribution is 7.09. The summed E-state index contributed by atoms with van der Waals surface area (Å²) in [4.78, 5) is 10.9. The molecule has 2 rings (SSSR count). The van der Waals surface area contributed by atoms with Crippen LogP contribution in [0.3, 0.4) is 0 Å². The van der Waals surface area contributed by atoms with E-state index in [1.54, 1.807) is 17.6 Å². The van der Waals surface area contributed by atoms with Crippen molar-refractivity contribution >= 4 is 17.4 Å². The molecule has 104 valence electrons. The molecule has 0 saturated heterocycles. The standard InChI is InChI=1S/C13H20N4OS/c1-4-5-14-6-11-8-18-13(16-11)17(3)7-12-9-19-10(2)15-12/h8-9,14H,4-7H2,1-3H3. The van der Waals surface area contributed by atoms with Gasteiger partial charge in [-0.2, -0.15) is 4.98 Å². The van der Waals surface area contributed by atoms with E-state index in [1.807, 2.05) is 18.9 Å². The van der Waals surface area contributed by atoms with E-state index >= 15 is 0 Å². The Hall–Kier alpha value is -1.40. The van der Waals surface area contributed by atoms with E-state index in [1.165, 1.54) is 0 Å². The molecule has 19 heavy (non-hydrogen) atoms. The highest BCUT2D eigenvalue weighted by Crippen LogP contribution is 2.16. The zero-order chi connectivity index (χ0) is 13.7. The minimum Gasteiger partial charge on any atom is -0.432 e. The number of thiazole rings is 1. The lowest BCUT2D eigenvalue weighted by molar-refractivity contribution is 0.541. The van der Waals surface area contributed by atoms with Crippen LogP contribution in [0.15, 0.2) is 16.1 Å². The smallest absolute Gasteiger partial charge is 0.297 e. The van der Waals surface area contributed by atoms with Gasteiger partial charge < -0.3 is 14.6 Å². The lowest BCUT2D eigenvalue weighted by atomic mass is 10.4. The van der Waals surface area contributed by atoms with Crippen LogP contribution in [0.2, 0.25) is 0 Å². The van der Waals surface area contributed by atoms with Crippen molar-refractivity contribution in [3.05, 3.63) is 28.0 Å². The SMILES string of the molecule is CCCNCc1coc(N(C)Cc2csc(C)n2)n1. The third-order valence-corrected chi connectivity index (χ3v) is 3.49. The van der Waals surface area contributed by atoms with Crippen molar-refractivity contribution in [2.75, 3.05) is 18.5 Å². The molecule has 0 aliphatic rings. The number of aromatic nitrogens is 2. The molecule has 2 aromatic heterocycles. The Bertz CT molecular complexity index is 508. The summed E-state index contributed by atoms with van der Waals surface area (Å²) in [5, 5.41) is 6.46. The summed E-state index contributed by atoms with van der Waals surface area (Å²) in [5.74, 6) is 0. The molecule has 0 aliphatic heterocycles. The van der Waals surface area contributed by atoms with E-state index in [9.17, 15) is 0 Å². The van der Waals surface area contributed by atoms with Crippen molar-refractivity contribution in [3.8, 4) is 0 Å². The minimum atomic E-state index is 0.638. The summed E-state index contributed by atoms with van der Waals surface area (Å²) in [6, 6.07) is 0.638. The summed E-state index contributed by atoms with van der Waals surface area (Å²) in [7, 11) is 1.96. The van der Waals surface area contributed by atoms with Crippen LogP contribution in [0, 0.1) is 6.92 Å². The van der Waals surface area contributed by atoms with Gasteiger partial charge >= 0.3 is 0 Å². The lowest BCUT2D eigenvalue weighted by Crippen LogP contribution is -2.18. The van der Waals surface area contributed by atoms with Gasteiger partial charge in [-0.25, -0.2) is 4.98 Å². The van der Waals surface area contributed by atoms with Crippen LogP contribution in [0.25, 0.3) is 0 Å². The van der Waals surface area contributed by atoms with Crippen molar-refractivity contribution in [1.82, 2.24) is 15.3 Å². The second kappa shape index (κ2) is 6.68. The first-order chi connectivity index (χ1) is 9.19. The van der Waals surface area contributed by atoms with E-state index in [-0.39, 0.29) is 0 Å². The quantitative estimate of drug-likeness (QED) is 0.790. The van der Waals surface area contributed by atoms with Crippen molar-refractivity contribution in [2.45, 2.75) is 33.4 Å². The summed E-state index contributed by atoms with van der Waals surface area (Å²) < 4.78 is 5.49. The molecule has 0 atom stereocenters. The molecular weight excluding hydrogens is 260 g/mol.